The number of carbonyl (C=O) groups is 3. The molecule has 0 spiro atoms. The number of anilines is 1. The predicted molar refractivity (Wildman–Crippen MR) is 156 cm³/mol. The molecule has 1 fully saturated rings. The van der Waals surface area contributed by atoms with Gasteiger partial charge >= 0.3 is 0 Å². The van der Waals surface area contributed by atoms with Crippen LogP contribution in [0.4, 0.5) is 10.1 Å². The van der Waals surface area contributed by atoms with Crippen LogP contribution in [0, 0.1) is 24.6 Å². The average Bonchev–Trinajstić information content (AvgIpc) is 3.24. The fourth-order valence-electron chi connectivity index (χ4n) is 6.94. The molecule has 2 atom stereocenters. The Morgan fingerprint density at radius 2 is 1.56 bits per heavy atom. The van der Waals surface area contributed by atoms with Gasteiger partial charge in [0.1, 0.15) is 5.82 Å². The Morgan fingerprint density at radius 3 is 2.20 bits per heavy atom. The average molecular weight is 608 g/mol. The lowest BCUT2D eigenvalue weighted by molar-refractivity contribution is -0.122. The number of halogens is 2. The molecule has 4 aromatic carbocycles. The summed E-state index contributed by atoms with van der Waals surface area (Å²) in [6, 6.07) is 26.4. The normalized spacial score (nSPS) is 23.9. The van der Waals surface area contributed by atoms with Crippen LogP contribution in [0.5, 0.6) is 0 Å². The van der Waals surface area contributed by atoms with Gasteiger partial charge in [0, 0.05) is 22.2 Å². The van der Waals surface area contributed by atoms with Gasteiger partial charge in [0.2, 0.25) is 11.8 Å². The molecule has 4 aromatic rings. The summed E-state index contributed by atoms with van der Waals surface area (Å²) in [5.74, 6) is -3.26. The molecule has 1 heterocycles. The molecule has 1 N–H and O–H groups in total. The summed E-state index contributed by atoms with van der Waals surface area (Å²) in [5.41, 5.74) is 6.90. The Balaban J connectivity index is 1.40. The fourth-order valence-corrected chi connectivity index (χ4v) is 7.61. The second-order valence-electron chi connectivity index (χ2n) is 10.7. The van der Waals surface area contributed by atoms with Gasteiger partial charge in [-0.2, -0.15) is 5.10 Å². The van der Waals surface area contributed by atoms with E-state index in [1.807, 2.05) is 67.6 Å². The molecule has 0 aromatic heterocycles. The van der Waals surface area contributed by atoms with Gasteiger partial charge in [0.05, 0.1) is 22.9 Å². The van der Waals surface area contributed by atoms with Gasteiger partial charge in [-0.3, -0.25) is 14.4 Å². The minimum absolute atomic E-state index is 0.245. The molecule has 0 unspecified atom stereocenters. The van der Waals surface area contributed by atoms with Gasteiger partial charge in [-0.05, 0) is 87.1 Å². The summed E-state index contributed by atoms with van der Waals surface area (Å²) >= 11 is 3.57. The third-order valence-electron chi connectivity index (χ3n) is 8.57. The zero-order chi connectivity index (χ0) is 28.5. The minimum Gasteiger partial charge on any atom is -0.274 e. The van der Waals surface area contributed by atoms with E-state index in [-0.39, 0.29) is 23.3 Å². The Bertz CT molecular complexity index is 1750. The van der Waals surface area contributed by atoms with Crippen molar-refractivity contribution in [1.29, 1.82) is 0 Å². The van der Waals surface area contributed by atoms with Crippen molar-refractivity contribution in [1.82, 2.24) is 5.43 Å². The van der Waals surface area contributed by atoms with E-state index in [1.165, 1.54) is 29.2 Å². The molecule has 2 bridgehead atoms. The van der Waals surface area contributed by atoms with Gasteiger partial charge in [0.15, 0.2) is 0 Å². The van der Waals surface area contributed by atoms with Crippen LogP contribution >= 0.6 is 15.9 Å². The smallest absolute Gasteiger partial charge is 0.271 e. The Kier molecular flexibility index (Phi) is 5.80. The zero-order valence-corrected chi connectivity index (χ0v) is 23.4. The molecule has 0 saturated carbocycles. The van der Waals surface area contributed by atoms with E-state index < -0.39 is 29.0 Å². The third-order valence-corrected chi connectivity index (χ3v) is 9.20. The zero-order valence-electron chi connectivity index (χ0n) is 21.8. The number of imide groups is 1. The Morgan fingerprint density at radius 1 is 0.927 bits per heavy atom. The van der Waals surface area contributed by atoms with Gasteiger partial charge in [0.25, 0.3) is 5.91 Å². The van der Waals surface area contributed by atoms with Crippen molar-refractivity contribution in [2.24, 2.45) is 16.9 Å². The Hall–Kier alpha value is -4.43. The maximum atomic E-state index is 14.5. The number of aryl methyl sites for hydroxylation is 1. The van der Waals surface area contributed by atoms with Crippen molar-refractivity contribution < 1.29 is 18.8 Å². The molecular weight excluding hydrogens is 585 g/mol. The number of hydrazone groups is 1. The number of hydrogen-bond acceptors (Lipinski definition) is 4. The molecule has 8 rings (SSSR count). The van der Waals surface area contributed by atoms with E-state index in [2.05, 4.69) is 26.5 Å². The first kappa shape index (κ1) is 25.5. The van der Waals surface area contributed by atoms with E-state index in [1.54, 1.807) is 12.3 Å². The van der Waals surface area contributed by atoms with Crippen molar-refractivity contribution in [3.63, 3.8) is 0 Å². The number of nitrogens with zero attached hydrogens (tertiary/aromatic N) is 2. The van der Waals surface area contributed by atoms with Crippen molar-refractivity contribution in [3.05, 3.63) is 135 Å². The predicted octanol–water partition coefficient (Wildman–Crippen LogP) is 5.86. The van der Waals surface area contributed by atoms with Crippen LogP contribution in [0.2, 0.25) is 0 Å². The highest BCUT2D eigenvalue weighted by Crippen LogP contribution is 2.63. The first-order valence-electron chi connectivity index (χ1n) is 13.3. The van der Waals surface area contributed by atoms with Crippen LogP contribution < -0.4 is 10.3 Å². The summed E-state index contributed by atoms with van der Waals surface area (Å²) in [4.78, 5) is 42.9. The molecule has 0 radical (unpaired) electrons. The number of carbonyl (C=O) groups excluding carboxylic acids is 3. The van der Waals surface area contributed by atoms with E-state index in [0.717, 1.165) is 27.8 Å². The molecule has 202 valence electrons. The second-order valence-corrected chi connectivity index (χ2v) is 11.6. The summed E-state index contributed by atoms with van der Waals surface area (Å²) in [6.45, 7) is 1.95. The van der Waals surface area contributed by atoms with Gasteiger partial charge in [-0.1, -0.05) is 54.6 Å². The monoisotopic (exact) mass is 607 g/mol. The molecule has 1 saturated heterocycles. The molecule has 4 aliphatic rings. The summed E-state index contributed by atoms with van der Waals surface area (Å²) in [5, 5.41) is 4.40. The molecule has 6 nitrogen and oxygen atoms in total. The summed E-state index contributed by atoms with van der Waals surface area (Å²) in [7, 11) is 0. The molecule has 8 heteroatoms. The van der Waals surface area contributed by atoms with Crippen LogP contribution in [-0.4, -0.2) is 23.9 Å². The first-order chi connectivity index (χ1) is 19.8. The number of amides is 3. The molecule has 1 aliphatic heterocycles. The fraction of sp³-hybridized carbons (Fsp3) is 0.152. The third kappa shape index (κ3) is 3.60. The van der Waals surface area contributed by atoms with Gasteiger partial charge in [-0.25, -0.2) is 14.7 Å². The number of benzene rings is 4. The van der Waals surface area contributed by atoms with Crippen molar-refractivity contribution >= 4 is 45.6 Å². The molecule has 3 amide bonds. The largest absolute Gasteiger partial charge is 0.274 e. The molecule has 3 aliphatic carbocycles. The van der Waals surface area contributed by atoms with Gasteiger partial charge < -0.3 is 0 Å². The second kappa shape index (κ2) is 9.31. The SMILES string of the molecule is Cc1ccc(N2C(=O)[C@@H]3C4c5ccccc5C(/C=N\NC(=O)c5ccc(F)cc5)(c5ccccc54)[C@H]3C2=O)c(Br)c1. The van der Waals surface area contributed by atoms with Crippen LogP contribution in [0.25, 0.3) is 0 Å². The van der Waals surface area contributed by atoms with Crippen LogP contribution in [0.15, 0.2) is 101 Å². The lowest BCUT2D eigenvalue weighted by atomic mass is 9.47. The summed E-state index contributed by atoms with van der Waals surface area (Å²) < 4.78 is 14.1. The van der Waals surface area contributed by atoms with E-state index in [4.69, 9.17) is 0 Å². The Labute approximate surface area is 244 Å². The van der Waals surface area contributed by atoms with Crippen molar-refractivity contribution in [2.75, 3.05) is 4.90 Å². The van der Waals surface area contributed by atoms with E-state index >= 15 is 0 Å². The van der Waals surface area contributed by atoms with Gasteiger partial charge in [-0.15, -0.1) is 0 Å². The van der Waals surface area contributed by atoms with Crippen LogP contribution in [0.1, 0.15) is 44.1 Å². The highest BCUT2D eigenvalue weighted by Gasteiger charge is 2.68. The number of nitrogens with one attached hydrogen (secondary N) is 1. The summed E-state index contributed by atoms with van der Waals surface area (Å²) in [6.07, 6.45) is 1.61. The maximum absolute atomic E-state index is 14.5. The van der Waals surface area contributed by atoms with E-state index in [0.29, 0.717) is 10.2 Å². The quantitative estimate of drug-likeness (QED) is 0.179. The highest BCUT2D eigenvalue weighted by molar-refractivity contribution is 9.10. The standard InChI is InChI=1S/C33H23BrFN3O3/c1-18-10-15-26(25(34)16-18)38-31(40)28-27-21-6-2-4-8-23(21)33(29(28)32(38)41,24-9-5-3-7-22(24)27)17-36-37-30(39)19-11-13-20(35)14-12-19/h2-17,27-29H,1H3,(H,37,39)/b36-17-/t27?,28-,29-,33?/m1/s1. The lowest BCUT2D eigenvalue weighted by Gasteiger charge is -2.52. The number of rotatable bonds is 4. The molecular formula is C33H23BrFN3O3. The number of hydrogen-bond donors (Lipinski definition) is 1. The molecule has 41 heavy (non-hydrogen) atoms. The van der Waals surface area contributed by atoms with Crippen LogP contribution in [-0.2, 0) is 15.0 Å². The van der Waals surface area contributed by atoms with Crippen LogP contribution in [0.3, 0.4) is 0 Å². The first-order valence-corrected chi connectivity index (χ1v) is 14.0. The topological polar surface area (TPSA) is 78.8 Å². The van der Waals surface area contributed by atoms with Crippen molar-refractivity contribution in [3.8, 4) is 0 Å². The minimum atomic E-state index is -1.11. The van der Waals surface area contributed by atoms with Crippen molar-refractivity contribution in [2.45, 2.75) is 18.3 Å². The lowest BCUT2D eigenvalue weighted by Crippen LogP contribution is -2.54. The highest BCUT2D eigenvalue weighted by atomic mass is 79.9. The maximum Gasteiger partial charge on any atom is 0.271 e. The van der Waals surface area contributed by atoms with E-state index in [9.17, 15) is 18.8 Å².